The molecular weight excluding hydrogens is 244 g/mol. The van der Waals surface area contributed by atoms with Gasteiger partial charge in [-0.2, -0.15) is 0 Å². The van der Waals surface area contributed by atoms with Crippen LogP contribution in [0, 0.1) is 11.3 Å². The Morgan fingerprint density at radius 2 is 1.68 bits per heavy atom. The summed E-state index contributed by atoms with van der Waals surface area (Å²) in [5.74, 6) is 0.172. The summed E-state index contributed by atoms with van der Waals surface area (Å²) in [5.41, 5.74) is -0.506. The number of carboxylic acid groups (broad SMARTS) is 1. The van der Waals surface area contributed by atoms with Gasteiger partial charge < -0.3 is 14.6 Å². The highest BCUT2D eigenvalue weighted by atomic mass is 16.5. The number of aliphatic carboxylic acids is 1. The Morgan fingerprint density at radius 3 is 2.32 bits per heavy atom. The van der Waals surface area contributed by atoms with Gasteiger partial charge in [-0.3, -0.25) is 4.79 Å². The molecule has 1 N–H and O–H groups in total. The molecule has 0 unspecified atom stereocenters. The van der Waals surface area contributed by atoms with Crippen LogP contribution in [0.15, 0.2) is 0 Å². The standard InChI is InChI=1S/C15H26O4/c16-14(17)15(7-11-19-12-8-15)6-2-1-3-13-4-9-18-10-5-13/h13H,1-12H2,(H,16,17). The topological polar surface area (TPSA) is 55.8 Å². The third-order valence-electron chi connectivity index (χ3n) is 4.76. The number of hydrogen-bond acceptors (Lipinski definition) is 3. The number of unbranched alkanes of at least 4 members (excludes halogenated alkanes) is 1. The van der Waals surface area contributed by atoms with Gasteiger partial charge in [0.25, 0.3) is 0 Å². The Labute approximate surface area is 115 Å². The second kappa shape index (κ2) is 7.25. The van der Waals surface area contributed by atoms with Gasteiger partial charge in [-0.1, -0.05) is 19.3 Å². The van der Waals surface area contributed by atoms with E-state index in [0.717, 1.165) is 38.4 Å². The van der Waals surface area contributed by atoms with Gasteiger partial charge in [0.1, 0.15) is 0 Å². The maximum absolute atomic E-state index is 11.5. The van der Waals surface area contributed by atoms with E-state index < -0.39 is 11.4 Å². The first-order valence-corrected chi connectivity index (χ1v) is 7.62. The van der Waals surface area contributed by atoms with Gasteiger partial charge in [0, 0.05) is 26.4 Å². The molecule has 0 aromatic carbocycles. The van der Waals surface area contributed by atoms with Gasteiger partial charge in [0.2, 0.25) is 0 Å². The van der Waals surface area contributed by atoms with Crippen molar-refractivity contribution in [2.45, 2.75) is 51.4 Å². The number of carboxylic acids is 1. The summed E-state index contributed by atoms with van der Waals surface area (Å²) in [4.78, 5) is 11.5. The number of hydrogen-bond donors (Lipinski definition) is 1. The Bertz CT molecular complexity index is 278. The highest BCUT2D eigenvalue weighted by Crippen LogP contribution is 2.36. The molecule has 0 spiro atoms. The highest BCUT2D eigenvalue weighted by Gasteiger charge is 2.39. The van der Waals surface area contributed by atoms with Crippen molar-refractivity contribution in [3.05, 3.63) is 0 Å². The summed E-state index contributed by atoms with van der Waals surface area (Å²) in [5, 5.41) is 9.46. The second-order valence-corrected chi connectivity index (χ2v) is 6.00. The highest BCUT2D eigenvalue weighted by molar-refractivity contribution is 5.74. The lowest BCUT2D eigenvalue weighted by molar-refractivity contribution is -0.155. The molecule has 0 amide bonds. The summed E-state index contributed by atoms with van der Waals surface area (Å²) < 4.78 is 10.7. The second-order valence-electron chi connectivity index (χ2n) is 6.00. The van der Waals surface area contributed by atoms with E-state index in [9.17, 15) is 9.90 Å². The molecule has 110 valence electrons. The van der Waals surface area contributed by atoms with Crippen molar-refractivity contribution in [1.29, 1.82) is 0 Å². The van der Waals surface area contributed by atoms with Gasteiger partial charge in [-0.25, -0.2) is 0 Å². The average molecular weight is 270 g/mol. The first-order valence-electron chi connectivity index (χ1n) is 7.62. The van der Waals surface area contributed by atoms with Crippen LogP contribution in [0.4, 0.5) is 0 Å². The zero-order valence-electron chi connectivity index (χ0n) is 11.7. The Morgan fingerprint density at radius 1 is 1.05 bits per heavy atom. The minimum Gasteiger partial charge on any atom is -0.481 e. The van der Waals surface area contributed by atoms with Gasteiger partial charge >= 0.3 is 5.97 Å². The first-order chi connectivity index (χ1) is 9.23. The van der Waals surface area contributed by atoms with Crippen molar-refractivity contribution >= 4 is 5.97 Å². The molecule has 0 aromatic heterocycles. The van der Waals surface area contributed by atoms with Crippen molar-refractivity contribution < 1.29 is 19.4 Å². The third kappa shape index (κ3) is 4.18. The smallest absolute Gasteiger partial charge is 0.309 e. The first kappa shape index (κ1) is 14.8. The quantitative estimate of drug-likeness (QED) is 0.754. The van der Waals surface area contributed by atoms with Crippen molar-refractivity contribution in [3.63, 3.8) is 0 Å². The molecular formula is C15H26O4. The van der Waals surface area contributed by atoms with E-state index in [4.69, 9.17) is 9.47 Å². The van der Waals surface area contributed by atoms with Crippen molar-refractivity contribution in [2.75, 3.05) is 26.4 Å². The lowest BCUT2D eigenvalue weighted by Gasteiger charge is -2.33. The van der Waals surface area contributed by atoms with E-state index >= 15 is 0 Å². The minimum absolute atomic E-state index is 0.506. The number of carbonyl (C=O) groups is 1. The van der Waals surface area contributed by atoms with Crippen molar-refractivity contribution in [1.82, 2.24) is 0 Å². The molecule has 2 aliphatic heterocycles. The summed E-state index contributed by atoms with van der Waals surface area (Å²) in [6.07, 6.45) is 7.95. The normalized spacial score (nSPS) is 24.2. The zero-order chi connectivity index (χ0) is 13.6. The summed E-state index contributed by atoms with van der Waals surface area (Å²) >= 11 is 0. The van der Waals surface area contributed by atoms with E-state index in [2.05, 4.69) is 0 Å². The maximum Gasteiger partial charge on any atom is 0.309 e. The van der Waals surface area contributed by atoms with Crippen LogP contribution in [0.1, 0.15) is 51.4 Å². The van der Waals surface area contributed by atoms with Crippen LogP contribution in [0.2, 0.25) is 0 Å². The van der Waals surface area contributed by atoms with Crippen LogP contribution in [0.3, 0.4) is 0 Å². The lowest BCUT2D eigenvalue weighted by atomic mass is 9.76. The number of ether oxygens (including phenoxy) is 2. The van der Waals surface area contributed by atoms with Crippen LogP contribution in [-0.2, 0) is 14.3 Å². The van der Waals surface area contributed by atoms with Crippen molar-refractivity contribution in [2.24, 2.45) is 11.3 Å². The van der Waals surface area contributed by atoms with E-state index in [-0.39, 0.29) is 0 Å². The van der Waals surface area contributed by atoms with Crippen molar-refractivity contribution in [3.8, 4) is 0 Å². The average Bonchev–Trinajstić information content (AvgIpc) is 2.46. The van der Waals surface area contributed by atoms with E-state index in [1.165, 1.54) is 19.3 Å². The lowest BCUT2D eigenvalue weighted by Crippen LogP contribution is -2.37. The zero-order valence-corrected chi connectivity index (χ0v) is 11.7. The van der Waals surface area contributed by atoms with E-state index in [1.54, 1.807) is 0 Å². The minimum atomic E-state index is -0.623. The monoisotopic (exact) mass is 270 g/mol. The molecule has 2 aliphatic rings. The number of rotatable bonds is 6. The summed E-state index contributed by atoms with van der Waals surface area (Å²) in [7, 11) is 0. The summed E-state index contributed by atoms with van der Waals surface area (Å²) in [6.45, 7) is 3.01. The largest absolute Gasteiger partial charge is 0.481 e. The van der Waals surface area contributed by atoms with Crippen LogP contribution in [-0.4, -0.2) is 37.5 Å². The predicted octanol–water partition coefficient (Wildman–Crippen LogP) is 2.85. The molecule has 19 heavy (non-hydrogen) atoms. The molecule has 0 atom stereocenters. The predicted molar refractivity (Wildman–Crippen MR) is 72.1 cm³/mol. The molecule has 4 heteroatoms. The van der Waals surface area contributed by atoms with Gasteiger partial charge in [-0.15, -0.1) is 0 Å². The van der Waals surface area contributed by atoms with Gasteiger partial charge in [-0.05, 0) is 38.0 Å². The Balaban J connectivity index is 1.68. The molecule has 2 fully saturated rings. The molecule has 2 heterocycles. The molecule has 4 nitrogen and oxygen atoms in total. The molecule has 0 radical (unpaired) electrons. The van der Waals surface area contributed by atoms with Crippen LogP contribution in [0.5, 0.6) is 0 Å². The summed E-state index contributed by atoms with van der Waals surface area (Å²) in [6, 6.07) is 0. The third-order valence-corrected chi connectivity index (χ3v) is 4.76. The SMILES string of the molecule is O=C(O)C1(CCCCC2CCOCC2)CCOCC1. The van der Waals surface area contributed by atoms with Gasteiger partial charge in [0.05, 0.1) is 5.41 Å². The van der Waals surface area contributed by atoms with E-state index in [0.29, 0.717) is 26.1 Å². The molecule has 0 bridgehead atoms. The van der Waals surface area contributed by atoms with Crippen LogP contribution >= 0.6 is 0 Å². The fourth-order valence-corrected chi connectivity index (χ4v) is 3.26. The van der Waals surface area contributed by atoms with Crippen LogP contribution in [0.25, 0.3) is 0 Å². The molecule has 0 aromatic rings. The van der Waals surface area contributed by atoms with Crippen LogP contribution < -0.4 is 0 Å². The Hall–Kier alpha value is -0.610. The maximum atomic E-state index is 11.5. The Kier molecular flexibility index (Phi) is 5.64. The molecule has 0 aliphatic carbocycles. The fourth-order valence-electron chi connectivity index (χ4n) is 3.26. The van der Waals surface area contributed by atoms with Gasteiger partial charge in [0.15, 0.2) is 0 Å². The fraction of sp³-hybridized carbons (Fsp3) is 0.933. The molecule has 0 saturated carbocycles. The molecule has 2 saturated heterocycles. The molecule has 2 rings (SSSR count). The van der Waals surface area contributed by atoms with E-state index in [1.807, 2.05) is 0 Å².